The van der Waals surface area contributed by atoms with E-state index in [-0.39, 0.29) is 5.91 Å². The van der Waals surface area contributed by atoms with Crippen LogP contribution in [0.15, 0.2) is 127 Å². The van der Waals surface area contributed by atoms with E-state index in [1.165, 1.54) is 0 Å². The van der Waals surface area contributed by atoms with Gasteiger partial charge in [-0.3, -0.25) is 4.79 Å². The van der Waals surface area contributed by atoms with E-state index < -0.39 is 26.0 Å². The van der Waals surface area contributed by atoms with Crippen LogP contribution >= 0.6 is 7.92 Å². The molecule has 5 rings (SSSR count). The van der Waals surface area contributed by atoms with Crippen LogP contribution in [0.3, 0.4) is 0 Å². The van der Waals surface area contributed by atoms with E-state index in [4.69, 9.17) is 4.74 Å². The molecule has 0 aliphatic rings. The Kier molecular flexibility index (Phi) is 9.49. The van der Waals surface area contributed by atoms with Gasteiger partial charge in [-0.2, -0.15) is 0 Å². The quantitative estimate of drug-likeness (QED) is 0.149. The van der Waals surface area contributed by atoms with Gasteiger partial charge in [-0.1, -0.05) is 127 Å². The van der Waals surface area contributed by atoms with Gasteiger partial charge in [-0.25, -0.2) is 4.79 Å². The Balaban J connectivity index is 1.47. The van der Waals surface area contributed by atoms with Crippen molar-refractivity contribution in [3.8, 4) is 0 Å². The molecule has 0 aromatic heterocycles. The maximum atomic E-state index is 14.0. The average molecular weight is 586 g/mol. The minimum atomic E-state index is -0.984. The van der Waals surface area contributed by atoms with Crippen LogP contribution in [-0.4, -0.2) is 17.9 Å². The molecule has 0 heterocycles. The van der Waals surface area contributed by atoms with Crippen LogP contribution < -0.4 is 21.2 Å². The van der Waals surface area contributed by atoms with E-state index in [1.54, 1.807) is 0 Å². The van der Waals surface area contributed by atoms with Crippen molar-refractivity contribution < 1.29 is 14.3 Å². The lowest BCUT2D eigenvalue weighted by atomic mass is 9.99. The lowest BCUT2D eigenvalue weighted by molar-refractivity contribution is 0.0206. The summed E-state index contributed by atoms with van der Waals surface area (Å²) in [5.74, 6) is -0.607. The monoisotopic (exact) mass is 585 g/mol. The first-order valence-electron chi connectivity index (χ1n) is 14.5. The molecule has 2 atom stereocenters. The van der Waals surface area contributed by atoms with E-state index in [2.05, 4.69) is 29.6 Å². The zero-order chi connectivity index (χ0) is 30.3. The highest BCUT2D eigenvalue weighted by molar-refractivity contribution is 7.80. The maximum absolute atomic E-state index is 14.0. The van der Waals surface area contributed by atoms with Gasteiger partial charge in [0, 0.05) is 5.56 Å². The fourth-order valence-electron chi connectivity index (χ4n) is 5.58. The number of ether oxygens (including phenoxy) is 1. The van der Waals surface area contributed by atoms with E-state index in [0.29, 0.717) is 11.1 Å². The molecule has 5 heteroatoms. The molecule has 0 aliphatic heterocycles. The van der Waals surface area contributed by atoms with Crippen molar-refractivity contribution in [3.63, 3.8) is 0 Å². The second kappa shape index (κ2) is 13.6. The smallest absolute Gasteiger partial charge is 0.339 e. The zero-order valence-corrected chi connectivity index (χ0v) is 25.8. The molecule has 0 fully saturated rings. The van der Waals surface area contributed by atoms with Crippen LogP contribution in [0.25, 0.3) is 0 Å². The number of esters is 1. The second-order valence-electron chi connectivity index (χ2n) is 10.8. The summed E-state index contributed by atoms with van der Waals surface area (Å²) < 4.78 is 6.19. The molecule has 216 valence electrons. The molecule has 1 N–H and O–H groups in total. The molecule has 0 unspecified atom stereocenters. The molecule has 0 bridgehead atoms. The van der Waals surface area contributed by atoms with Gasteiger partial charge in [0.15, 0.2) is 0 Å². The number of hydrogen-bond donors (Lipinski definition) is 1. The molecule has 1 amide bonds. The fourth-order valence-corrected chi connectivity index (χ4v) is 8.03. The van der Waals surface area contributed by atoms with E-state index >= 15 is 0 Å². The van der Waals surface area contributed by atoms with Crippen molar-refractivity contribution >= 4 is 35.7 Å². The molecule has 43 heavy (non-hydrogen) atoms. The molecule has 0 radical (unpaired) electrons. The number of rotatable bonds is 9. The summed E-state index contributed by atoms with van der Waals surface area (Å²) in [6.45, 7) is 7.75. The molecular formula is C38H36NO3P. The van der Waals surface area contributed by atoms with Crippen molar-refractivity contribution in [2.75, 3.05) is 0 Å². The second-order valence-corrected chi connectivity index (χ2v) is 13.0. The SMILES string of the molecule is Cc1cc(C)c(C(=O)O[C@H](c2ccccc2)[C@H](C)NC(=O)c2ccccc2P(c2ccccc2)c2ccccc2)c(C)c1. The number of hydrogen-bond acceptors (Lipinski definition) is 3. The summed E-state index contributed by atoms with van der Waals surface area (Å²) in [6, 6.07) is 41.5. The lowest BCUT2D eigenvalue weighted by Gasteiger charge is -2.27. The average Bonchev–Trinajstić information content (AvgIpc) is 3.01. The summed E-state index contributed by atoms with van der Waals surface area (Å²) in [7, 11) is -0.984. The van der Waals surface area contributed by atoms with Gasteiger partial charge in [0.2, 0.25) is 0 Å². The van der Waals surface area contributed by atoms with E-state index in [1.807, 2.05) is 131 Å². The Hall–Kier alpha value is -4.53. The topological polar surface area (TPSA) is 55.4 Å². The Bertz CT molecular complexity index is 1640. The number of carbonyl (C=O) groups excluding carboxylic acids is 2. The first-order valence-corrected chi connectivity index (χ1v) is 15.8. The highest BCUT2D eigenvalue weighted by Gasteiger charge is 2.29. The normalized spacial score (nSPS) is 12.4. The van der Waals surface area contributed by atoms with Crippen molar-refractivity contribution in [3.05, 3.63) is 161 Å². The Labute approximate surface area is 255 Å². The molecule has 5 aromatic carbocycles. The highest BCUT2D eigenvalue weighted by Crippen LogP contribution is 2.34. The lowest BCUT2D eigenvalue weighted by Crippen LogP contribution is -2.41. The van der Waals surface area contributed by atoms with Crippen LogP contribution in [-0.2, 0) is 4.74 Å². The van der Waals surface area contributed by atoms with Crippen LogP contribution in [0.2, 0.25) is 0 Å². The third-order valence-corrected chi connectivity index (χ3v) is 9.98. The number of aryl methyl sites for hydroxylation is 3. The molecule has 5 aromatic rings. The number of amides is 1. The van der Waals surface area contributed by atoms with Gasteiger partial charge in [0.1, 0.15) is 6.10 Å². The Morgan fingerprint density at radius 3 is 1.72 bits per heavy atom. The third kappa shape index (κ3) is 6.93. The van der Waals surface area contributed by atoms with Crippen molar-refractivity contribution in [1.29, 1.82) is 0 Å². The number of benzene rings is 5. The predicted molar refractivity (Wildman–Crippen MR) is 177 cm³/mol. The van der Waals surface area contributed by atoms with Crippen molar-refractivity contribution in [2.45, 2.75) is 39.8 Å². The molecule has 0 spiro atoms. The Morgan fingerprint density at radius 2 is 1.16 bits per heavy atom. The zero-order valence-electron chi connectivity index (χ0n) is 25.0. The summed E-state index contributed by atoms with van der Waals surface area (Å²) in [5, 5.41) is 6.48. The molecular weight excluding hydrogens is 549 g/mol. The van der Waals surface area contributed by atoms with Gasteiger partial charge in [-0.15, -0.1) is 0 Å². The molecule has 0 saturated heterocycles. The highest BCUT2D eigenvalue weighted by atomic mass is 31.1. The molecule has 0 saturated carbocycles. The number of carbonyl (C=O) groups is 2. The Morgan fingerprint density at radius 1 is 0.674 bits per heavy atom. The predicted octanol–water partition coefficient (Wildman–Crippen LogP) is 7.09. The van der Waals surface area contributed by atoms with Gasteiger partial charge >= 0.3 is 5.97 Å². The fraction of sp³-hybridized carbons (Fsp3) is 0.158. The van der Waals surface area contributed by atoms with Crippen LogP contribution in [0.5, 0.6) is 0 Å². The van der Waals surface area contributed by atoms with Gasteiger partial charge in [0.05, 0.1) is 11.6 Å². The third-order valence-electron chi connectivity index (χ3n) is 7.47. The summed E-state index contributed by atoms with van der Waals surface area (Å²) >= 11 is 0. The minimum absolute atomic E-state index is 0.206. The van der Waals surface area contributed by atoms with Crippen molar-refractivity contribution in [1.82, 2.24) is 5.32 Å². The van der Waals surface area contributed by atoms with Gasteiger partial charge < -0.3 is 10.1 Å². The first-order chi connectivity index (χ1) is 20.8. The van der Waals surface area contributed by atoms with E-state index in [9.17, 15) is 9.59 Å². The van der Waals surface area contributed by atoms with E-state index in [0.717, 1.165) is 38.2 Å². The van der Waals surface area contributed by atoms with Crippen LogP contribution in [0.4, 0.5) is 0 Å². The summed E-state index contributed by atoms with van der Waals surface area (Å²) in [5.41, 5.74) is 4.82. The van der Waals surface area contributed by atoms with Crippen molar-refractivity contribution in [2.24, 2.45) is 0 Å². The molecule has 0 aliphatic carbocycles. The summed E-state index contributed by atoms with van der Waals surface area (Å²) in [4.78, 5) is 27.6. The first kappa shape index (κ1) is 29.9. The summed E-state index contributed by atoms with van der Waals surface area (Å²) in [6.07, 6.45) is -0.685. The standard InChI is InChI=1S/C38H36NO3P/c1-26-24-27(2)35(28(3)25-26)38(41)42-36(30-16-8-5-9-17-30)29(4)39-37(40)33-22-14-15-23-34(33)43(31-18-10-6-11-19-31)32-20-12-7-13-21-32/h5-25,29,36H,1-4H3,(H,39,40)/t29-,36-/m0/s1. The van der Waals surface area contributed by atoms with Crippen LogP contribution in [0.1, 0.15) is 56.0 Å². The molecule has 4 nitrogen and oxygen atoms in total. The minimum Gasteiger partial charge on any atom is -0.452 e. The van der Waals surface area contributed by atoms with Gasteiger partial charge in [0.25, 0.3) is 5.91 Å². The maximum Gasteiger partial charge on any atom is 0.339 e. The number of nitrogens with one attached hydrogen (secondary N) is 1. The van der Waals surface area contributed by atoms with Gasteiger partial charge in [-0.05, 0) is 74.3 Å². The largest absolute Gasteiger partial charge is 0.452 e. The van der Waals surface area contributed by atoms with Crippen LogP contribution in [0, 0.1) is 20.8 Å².